The highest BCUT2D eigenvalue weighted by Gasteiger charge is 2.29. The van der Waals surface area contributed by atoms with Crippen LogP contribution >= 0.6 is 0 Å². The molecule has 0 unspecified atom stereocenters. The van der Waals surface area contributed by atoms with Gasteiger partial charge >= 0.3 is 0 Å². The average Bonchev–Trinajstić information content (AvgIpc) is 3.15. The highest BCUT2D eigenvalue weighted by atomic mass is 16.5. The largest absolute Gasteiger partial charge is 0.377 e. The zero-order valence-corrected chi connectivity index (χ0v) is 15.7. The standard InChI is InChI=1S/C22H26N2O3/c1-26-21-15-27-14-20(21)23-22(25)18-8-6-16(7-9-18)12-24-11-10-17-4-2-3-5-19(17)13-24/h2-9,20-21H,10-15H2,1H3,(H,23,25)/t20-,21-/m0/s1. The molecule has 2 atom stereocenters. The Balaban J connectivity index is 1.34. The van der Waals surface area contributed by atoms with E-state index in [4.69, 9.17) is 9.47 Å². The van der Waals surface area contributed by atoms with Crippen molar-refractivity contribution >= 4 is 5.91 Å². The van der Waals surface area contributed by atoms with E-state index >= 15 is 0 Å². The third-order valence-corrected chi connectivity index (χ3v) is 5.48. The van der Waals surface area contributed by atoms with E-state index in [2.05, 4.69) is 34.5 Å². The van der Waals surface area contributed by atoms with Crippen molar-refractivity contribution in [1.29, 1.82) is 0 Å². The third-order valence-electron chi connectivity index (χ3n) is 5.48. The molecule has 2 aromatic carbocycles. The van der Waals surface area contributed by atoms with E-state index in [0.29, 0.717) is 18.8 Å². The molecule has 5 heteroatoms. The Bertz CT molecular complexity index is 790. The Kier molecular flexibility index (Phi) is 5.53. The zero-order valence-electron chi connectivity index (χ0n) is 15.7. The lowest BCUT2D eigenvalue weighted by atomic mass is 9.99. The molecule has 2 aliphatic heterocycles. The average molecular weight is 366 g/mol. The fourth-order valence-electron chi connectivity index (χ4n) is 3.86. The fraction of sp³-hybridized carbons (Fsp3) is 0.409. The molecule has 27 heavy (non-hydrogen) atoms. The molecule has 2 aromatic rings. The van der Waals surface area contributed by atoms with E-state index in [-0.39, 0.29) is 18.1 Å². The Morgan fingerprint density at radius 2 is 1.93 bits per heavy atom. The molecular formula is C22H26N2O3. The van der Waals surface area contributed by atoms with Gasteiger partial charge in [0.1, 0.15) is 6.10 Å². The van der Waals surface area contributed by atoms with E-state index in [1.165, 1.54) is 16.7 Å². The molecule has 1 N–H and O–H groups in total. The predicted octanol–water partition coefficient (Wildman–Crippen LogP) is 2.39. The van der Waals surface area contributed by atoms with Crippen molar-refractivity contribution in [2.45, 2.75) is 31.7 Å². The van der Waals surface area contributed by atoms with E-state index in [1.54, 1.807) is 7.11 Å². The first kappa shape index (κ1) is 18.2. The summed E-state index contributed by atoms with van der Waals surface area (Å²) < 4.78 is 10.7. The Labute approximate surface area is 160 Å². The molecule has 2 aliphatic rings. The fourth-order valence-corrected chi connectivity index (χ4v) is 3.86. The van der Waals surface area contributed by atoms with Crippen LogP contribution in [0.3, 0.4) is 0 Å². The summed E-state index contributed by atoms with van der Waals surface area (Å²) in [4.78, 5) is 14.9. The zero-order chi connectivity index (χ0) is 18.6. The lowest BCUT2D eigenvalue weighted by Crippen LogP contribution is -2.43. The molecule has 0 spiro atoms. The summed E-state index contributed by atoms with van der Waals surface area (Å²) in [6, 6.07) is 16.5. The lowest BCUT2D eigenvalue weighted by Gasteiger charge is -2.28. The number of hydrogen-bond donors (Lipinski definition) is 1. The van der Waals surface area contributed by atoms with Gasteiger partial charge in [-0.05, 0) is 35.2 Å². The molecule has 0 bridgehead atoms. The molecule has 0 radical (unpaired) electrons. The van der Waals surface area contributed by atoms with Crippen molar-refractivity contribution in [2.75, 3.05) is 26.9 Å². The second-order valence-corrected chi connectivity index (χ2v) is 7.32. The monoisotopic (exact) mass is 366 g/mol. The van der Waals surface area contributed by atoms with Crippen LogP contribution in [0.4, 0.5) is 0 Å². The molecule has 1 saturated heterocycles. The van der Waals surface area contributed by atoms with Crippen LogP contribution in [0.15, 0.2) is 48.5 Å². The molecule has 5 nitrogen and oxygen atoms in total. The SMILES string of the molecule is CO[C@H]1COC[C@@H]1NC(=O)c1ccc(CN2CCc3ccccc3C2)cc1. The maximum absolute atomic E-state index is 12.5. The number of benzene rings is 2. The second kappa shape index (κ2) is 8.21. The molecular weight excluding hydrogens is 340 g/mol. The van der Waals surface area contributed by atoms with E-state index in [1.807, 2.05) is 24.3 Å². The molecule has 142 valence electrons. The highest BCUT2D eigenvalue weighted by Crippen LogP contribution is 2.20. The lowest BCUT2D eigenvalue weighted by molar-refractivity contribution is 0.0685. The Hall–Kier alpha value is -2.21. The molecule has 4 rings (SSSR count). The van der Waals surface area contributed by atoms with Crippen LogP contribution in [0, 0.1) is 0 Å². The number of rotatable bonds is 5. The first-order chi connectivity index (χ1) is 13.2. The molecule has 0 saturated carbocycles. The maximum Gasteiger partial charge on any atom is 0.251 e. The number of nitrogens with one attached hydrogen (secondary N) is 1. The van der Waals surface area contributed by atoms with Gasteiger partial charge in [-0.2, -0.15) is 0 Å². The van der Waals surface area contributed by atoms with Crippen LogP contribution in [0.1, 0.15) is 27.0 Å². The third kappa shape index (κ3) is 4.21. The van der Waals surface area contributed by atoms with Gasteiger partial charge in [0.2, 0.25) is 0 Å². The van der Waals surface area contributed by atoms with Crippen molar-refractivity contribution in [3.05, 3.63) is 70.8 Å². The van der Waals surface area contributed by atoms with Crippen LogP contribution in [0.25, 0.3) is 0 Å². The van der Waals surface area contributed by atoms with E-state index < -0.39 is 0 Å². The van der Waals surface area contributed by atoms with E-state index in [0.717, 1.165) is 26.1 Å². The van der Waals surface area contributed by atoms with E-state index in [9.17, 15) is 4.79 Å². The van der Waals surface area contributed by atoms with Gasteiger partial charge in [-0.3, -0.25) is 9.69 Å². The molecule has 0 aliphatic carbocycles. The quantitative estimate of drug-likeness (QED) is 0.883. The Morgan fingerprint density at radius 3 is 2.70 bits per heavy atom. The first-order valence-corrected chi connectivity index (χ1v) is 9.52. The number of carbonyl (C=O) groups is 1. The molecule has 2 heterocycles. The van der Waals surface area contributed by atoms with Crippen molar-refractivity contribution in [1.82, 2.24) is 10.2 Å². The predicted molar refractivity (Wildman–Crippen MR) is 104 cm³/mol. The Morgan fingerprint density at radius 1 is 1.15 bits per heavy atom. The number of fused-ring (bicyclic) bond motifs is 1. The van der Waals surface area contributed by atoms with Crippen LogP contribution in [-0.2, 0) is 29.0 Å². The number of nitrogens with zero attached hydrogens (tertiary/aromatic N) is 1. The smallest absolute Gasteiger partial charge is 0.251 e. The van der Waals surface area contributed by atoms with Crippen LogP contribution in [0.5, 0.6) is 0 Å². The van der Waals surface area contributed by atoms with Gasteiger partial charge in [0.05, 0.1) is 19.3 Å². The summed E-state index contributed by atoms with van der Waals surface area (Å²) in [5, 5.41) is 3.01. The molecule has 1 fully saturated rings. The minimum atomic E-state index is -0.0874. The van der Waals surface area contributed by atoms with Crippen molar-refractivity contribution in [2.24, 2.45) is 0 Å². The summed E-state index contributed by atoms with van der Waals surface area (Å²) in [6.07, 6.45) is 1.02. The minimum Gasteiger partial charge on any atom is -0.377 e. The maximum atomic E-state index is 12.5. The van der Waals surface area contributed by atoms with Crippen molar-refractivity contribution in [3.8, 4) is 0 Å². The summed E-state index contributed by atoms with van der Waals surface area (Å²) in [5.41, 5.74) is 4.78. The summed E-state index contributed by atoms with van der Waals surface area (Å²) >= 11 is 0. The highest BCUT2D eigenvalue weighted by molar-refractivity contribution is 5.94. The van der Waals surface area contributed by atoms with Crippen LogP contribution < -0.4 is 5.32 Å². The number of carbonyl (C=O) groups excluding carboxylic acids is 1. The van der Waals surface area contributed by atoms with Gasteiger partial charge in [-0.15, -0.1) is 0 Å². The van der Waals surface area contributed by atoms with Gasteiger partial charge in [0.25, 0.3) is 5.91 Å². The normalized spacial score (nSPS) is 22.4. The number of ether oxygens (including phenoxy) is 2. The van der Waals surface area contributed by atoms with Gasteiger partial charge < -0.3 is 14.8 Å². The van der Waals surface area contributed by atoms with Crippen LogP contribution in [-0.4, -0.2) is 49.8 Å². The van der Waals surface area contributed by atoms with Gasteiger partial charge in [-0.25, -0.2) is 0 Å². The van der Waals surface area contributed by atoms with Crippen LogP contribution in [0.2, 0.25) is 0 Å². The van der Waals surface area contributed by atoms with Crippen molar-refractivity contribution < 1.29 is 14.3 Å². The number of amides is 1. The molecule has 0 aromatic heterocycles. The van der Waals surface area contributed by atoms with Crippen molar-refractivity contribution in [3.63, 3.8) is 0 Å². The number of methoxy groups -OCH3 is 1. The molecule has 1 amide bonds. The summed E-state index contributed by atoms with van der Waals surface area (Å²) in [6.45, 7) is 3.98. The van der Waals surface area contributed by atoms with Gasteiger partial charge in [0.15, 0.2) is 0 Å². The summed E-state index contributed by atoms with van der Waals surface area (Å²) in [5.74, 6) is -0.0778. The van der Waals surface area contributed by atoms with Gasteiger partial charge in [-0.1, -0.05) is 36.4 Å². The summed E-state index contributed by atoms with van der Waals surface area (Å²) in [7, 11) is 1.65. The second-order valence-electron chi connectivity index (χ2n) is 7.32. The topological polar surface area (TPSA) is 50.8 Å². The van der Waals surface area contributed by atoms with Gasteiger partial charge in [0, 0.05) is 32.3 Å². The first-order valence-electron chi connectivity index (χ1n) is 9.52. The minimum absolute atomic E-state index is 0.0739. The number of hydrogen-bond acceptors (Lipinski definition) is 4.